The predicted molar refractivity (Wildman–Crippen MR) is 123 cm³/mol. The summed E-state index contributed by atoms with van der Waals surface area (Å²) < 4.78 is 6.86. The van der Waals surface area contributed by atoms with E-state index in [1.165, 1.54) is 4.57 Å². The Morgan fingerprint density at radius 2 is 2.10 bits per heavy atom. The molecule has 2 aromatic rings. The molecule has 0 spiro atoms. The van der Waals surface area contributed by atoms with Crippen LogP contribution in [0.3, 0.4) is 0 Å². The second-order valence-electron chi connectivity index (χ2n) is 7.06. The number of hydrogen-bond acceptors (Lipinski definition) is 6. The zero-order valence-electron chi connectivity index (χ0n) is 17.0. The smallest absolute Gasteiger partial charge is 0.293 e. The zero-order valence-corrected chi connectivity index (χ0v) is 19.4. The van der Waals surface area contributed by atoms with Crippen molar-refractivity contribution in [3.8, 4) is 0 Å². The summed E-state index contributed by atoms with van der Waals surface area (Å²) in [5.74, 6) is 1.71. The number of rotatable bonds is 5. The van der Waals surface area contributed by atoms with Gasteiger partial charge in [-0.25, -0.2) is 9.98 Å². The molecule has 9 nitrogen and oxygen atoms in total. The third-order valence-corrected chi connectivity index (χ3v) is 4.80. The van der Waals surface area contributed by atoms with Crippen LogP contribution in [0.25, 0.3) is 0 Å². The molecule has 0 aromatic carbocycles. The molecule has 1 unspecified atom stereocenters. The molecule has 0 bridgehead atoms. The molecule has 3 heterocycles. The van der Waals surface area contributed by atoms with Crippen LogP contribution in [-0.4, -0.2) is 64.8 Å². The molecule has 10 heteroatoms. The third-order valence-electron chi connectivity index (χ3n) is 4.80. The third kappa shape index (κ3) is 5.50. The average Bonchev–Trinajstić information content (AvgIpc) is 3.23. The first-order valence-electron chi connectivity index (χ1n) is 9.48. The van der Waals surface area contributed by atoms with Gasteiger partial charge in [-0.2, -0.15) is 0 Å². The van der Waals surface area contributed by atoms with Crippen LogP contribution >= 0.6 is 24.0 Å². The number of piperazine rings is 1. The van der Waals surface area contributed by atoms with Gasteiger partial charge in [0.25, 0.3) is 5.56 Å². The van der Waals surface area contributed by atoms with Gasteiger partial charge in [-0.1, -0.05) is 0 Å². The largest absolute Gasteiger partial charge is 0.466 e. The number of anilines is 1. The van der Waals surface area contributed by atoms with Gasteiger partial charge < -0.3 is 29.2 Å². The Kier molecular flexibility index (Phi) is 8.08. The fourth-order valence-corrected chi connectivity index (χ4v) is 3.15. The normalized spacial score (nSPS) is 16.9. The lowest BCUT2D eigenvalue weighted by Gasteiger charge is -2.37. The van der Waals surface area contributed by atoms with Gasteiger partial charge in [0.05, 0.1) is 12.8 Å². The molecular formula is C19H29IN6O3. The van der Waals surface area contributed by atoms with E-state index in [1.807, 2.05) is 11.8 Å². The van der Waals surface area contributed by atoms with E-state index in [1.54, 1.807) is 44.8 Å². The minimum atomic E-state index is -1.17. The summed E-state index contributed by atoms with van der Waals surface area (Å²) in [7, 11) is 1.73. The molecule has 2 aromatic heterocycles. The number of guanidine groups is 1. The van der Waals surface area contributed by atoms with Gasteiger partial charge >= 0.3 is 0 Å². The van der Waals surface area contributed by atoms with E-state index in [0.29, 0.717) is 37.8 Å². The topological polar surface area (TPSA) is 99.1 Å². The highest BCUT2D eigenvalue weighted by Gasteiger charge is 2.27. The maximum Gasteiger partial charge on any atom is 0.293 e. The Morgan fingerprint density at radius 1 is 1.38 bits per heavy atom. The number of aliphatic imine (C=N–C) groups is 1. The first-order valence-corrected chi connectivity index (χ1v) is 9.48. The van der Waals surface area contributed by atoms with Gasteiger partial charge in [-0.15, -0.1) is 24.0 Å². The molecule has 0 saturated carbocycles. The van der Waals surface area contributed by atoms with Crippen LogP contribution < -0.4 is 15.8 Å². The molecule has 160 valence electrons. The minimum Gasteiger partial charge on any atom is -0.466 e. The molecular weight excluding hydrogens is 487 g/mol. The Balaban J connectivity index is 0.00000300. The van der Waals surface area contributed by atoms with Crippen molar-refractivity contribution in [2.45, 2.75) is 19.4 Å². The summed E-state index contributed by atoms with van der Waals surface area (Å²) in [5, 5.41) is 13.9. The predicted octanol–water partition coefficient (Wildman–Crippen LogP) is 0.986. The van der Waals surface area contributed by atoms with Crippen molar-refractivity contribution in [2.75, 3.05) is 44.2 Å². The first kappa shape index (κ1) is 23.2. The zero-order chi connectivity index (χ0) is 20.1. The Hall–Kier alpha value is -2.08. The monoisotopic (exact) mass is 516 g/mol. The van der Waals surface area contributed by atoms with Gasteiger partial charge in [0.15, 0.2) is 11.8 Å². The van der Waals surface area contributed by atoms with Crippen molar-refractivity contribution in [1.29, 1.82) is 0 Å². The Bertz CT molecular complexity index is 857. The number of hydrogen-bond donors (Lipinski definition) is 2. The van der Waals surface area contributed by atoms with E-state index in [-0.39, 0.29) is 36.1 Å². The highest BCUT2D eigenvalue weighted by atomic mass is 127. The summed E-state index contributed by atoms with van der Waals surface area (Å²) in [6, 6.07) is 3.49. The first-order chi connectivity index (χ1) is 13.4. The van der Waals surface area contributed by atoms with Crippen molar-refractivity contribution in [3.63, 3.8) is 0 Å². The van der Waals surface area contributed by atoms with Crippen LogP contribution in [0.5, 0.6) is 0 Å². The van der Waals surface area contributed by atoms with Crippen molar-refractivity contribution < 1.29 is 9.52 Å². The lowest BCUT2D eigenvalue weighted by atomic mass is 10.0. The van der Waals surface area contributed by atoms with E-state index in [2.05, 4.69) is 20.2 Å². The lowest BCUT2D eigenvalue weighted by molar-refractivity contribution is 0.0434. The Labute approximate surface area is 187 Å². The van der Waals surface area contributed by atoms with E-state index >= 15 is 0 Å². The lowest BCUT2D eigenvalue weighted by Crippen LogP contribution is -2.54. The number of aliphatic hydroxyl groups is 1. The van der Waals surface area contributed by atoms with Crippen molar-refractivity contribution in [3.05, 3.63) is 46.9 Å². The second kappa shape index (κ2) is 10.1. The average molecular weight is 516 g/mol. The van der Waals surface area contributed by atoms with Crippen LogP contribution in [0.2, 0.25) is 0 Å². The van der Waals surface area contributed by atoms with Gasteiger partial charge in [-0.3, -0.25) is 4.79 Å². The summed E-state index contributed by atoms with van der Waals surface area (Å²) in [6.07, 6.45) is 4.84. The van der Waals surface area contributed by atoms with Crippen LogP contribution in [-0.2, 0) is 12.6 Å². The SMILES string of the molecule is CCNC(=NCC(C)(O)c1ccco1)N1CCN(c2nccn(C)c2=O)CC1.I. The maximum absolute atomic E-state index is 12.3. The van der Waals surface area contributed by atoms with Crippen LogP contribution in [0.4, 0.5) is 5.82 Å². The fraction of sp³-hybridized carbons (Fsp3) is 0.526. The summed E-state index contributed by atoms with van der Waals surface area (Å²) in [5.41, 5.74) is -1.27. The maximum atomic E-state index is 12.3. The second-order valence-corrected chi connectivity index (χ2v) is 7.06. The van der Waals surface area contributed by atoms with E-state index in [9.17, 15) is 9.90 Å². The molecule has 0 aliphatic carbocycles. The van der Waals surface area contributed by atoms with Crippen molar-refractivity contribution in [1.82, 2.24) is 19.8 Å². The fourth-order valence-electron chi connectivity index (χ4n) is 3.15. The number of furan rings is 1. The van der Waals surface area contributed by atoms with Crippen LogP contribution in [0.1, 0.15) is 19.6 Å². The van der Waals surface area contributed by atoms with E-state index in [0.717, 1.165) is 12.5 Å². The van der Waals surface area contributed by atoms with Gasteiger partial charge in [0, 0.05) is 52.2 Å². The highest BCUT2D eigenvalue weighted by molar-refractivity contribution is 14.0. The molecule has 1 saturated heterocycles. The molecule has 3 rings (SSSR count). The molecule has 1 atom stereocenters. The number of nitrogens with one attached hydrogen (secondary N) is 1. The molecule has 1 aliphatic heterocycles. The van der Waals surface area contributed by atoms with Crippen molar-refractivity contribution in [2.24, 2.45) is 12.0 Å². The quantitative estimate of drug-likeness (QED) is 0.348. The van der Waals surface area contributed by atoms with Crippen LogP contribution in [0, 0.1) is 0 Å². The van der Waals surface area contributed by atoms with Crippen molar-refractivity contribution >= 4 is 35.8 Å². The Morgan fingerprint density at radius 3 is 2.72 bits per heavy atom. The summed E-state index contributed by atoms with van der Waals surface area (Å²) in [6.45, 7) is 7.35. The summed E-state index contributed by atoms with van der Waals surface area (Å²) >= 11 is 0. The van der Waals surface area contributed by atoms with E-state index < -0.39 is 5.60 Å². The molecule has 1 aliphatic rings. The van der Waals surface area contributed by atoms with Crippen LogP contribution in [0.15, 0.2) is 45.0 Å². The minimum absolute atomic E-state index is 0. The summed E-state index contributed by atoms with van der Waals surface area (Å²) in [4.78, 5) is 25.3. The highest BCUT2D eigenvalue weighted by Crippen LogP contribution is 2.21. The van der Waals surface area contributed by atoms with Gasteiger partial charge in [0.1, 0.15) is 11.4 Å². The van der Waals surface area contributed by atoms with Gasteiger partial charge in [-0.05, 0) is 26.0 Å². The molecule has 0 amide bonds. The standard InChI is InChI=1S/C19H28N6O3.HI/c1-4-20-18(22-14-19(2,27)15-6-5-13-28-15)25-11-9-24(10-12-25)16-17(26)23(3)8-7-21-16;/h5-8,13,27H,4,9-12,14H2,1-3H3,(H,20,22);1H. The molecule has 0 radical (unpaired) electrons. The number of aryl methyl sites for hydroxylation is 1. The van der Waals surface area contributed by atoms with E-state index in [4.69, 9.17) is 4.42 Å². The number of aromatic nitrogens is 2. The molecule has 1 fully saturated rings. The molecule has 2 N–H and O–H groups in total. The molecule has 29 heavy (non-hydrogen) atoms. The number of halogens is 1. The van der Waals surface area contributed by atoms with Gasteiger partial charge in [0.2, 0.25) is 0 Å². The number of nitrogens with zero attached hydrogens (tertiary/aromatic N) is 5.